The second-order valence-electron chi connectivity index (χ2n) is 12.4. The van der Waals surface area contributed by atoms with E-state index in [0.717, 1.165) is 43.0 Å². The topological polar surface area (TPSA) is 130 Å². The van der Waals surface area contributed by atoms with Crippen LogP contribution in [0.1, 0.15) is 75.7 Å². The number of aromatic nitrogens is 1. The maximum absolute atomic E-state index is 14.0. The van der Waals surface area contributed by atoms with Crippen molar-refractivity contribution in [2.75, 3.05) is 20.8 Å². The van der Waals surface area contributed by atoms with E-state index in [2.05, 4.69) is 15.6 Å². The quantitative estimate of drug-likeness (QED) is 0.452. The largest absolute Gasteiger partial charge is 0.496 e. The predicted molar refractivity (Wildman–Crippen MR) is 149 cm³/mol. The molecule has 2 aliphatic heterocycles. The summed E-state index contributed by atoms with van der Waals surface area (Å²) in [4.78, 5) is 58.0. The number of hydrogen-bond acceptors (Lipinski definition) is 6. The average Bonchev–Trinajstić information content (AvgIpc) is 3.60. The summed E-state index contributed by atoms with van der Waals surface area (Å²) in [6, 6.07) is 5.63. The fraction of sp³-hybridized carbons (Fsp3) is 0.600. The second-order valence-corrected chi connectivity index (χ2v) is 12.4. The van der Waals surface area contributed by atoms with Crippen LogP contribution in [0.4, 0.5) is 0 Å². The zero-order valence-electron chi connectivity index (χ0n) is 23.8. The summed E-state index contributed by atoms with van der Waals surface area (Å²) < 4.78 is 10.5. The van der Waals surface area contributed by atoms with Gasteiger partial charge in [0, 0.05) is 28.9 Å². The number of nitrogens with one attached hydrogen (secondary N) is 3. The van der Waals surface area contributed by atoms with Crippen molar-refractivity contribution in [1.82, 2.24) is 20.5 Å². The summed E-state index contributed by atoms with van der Waals surface area (Å²) in [7, 11) is 2.86. The first-order chi connectivity index (χ1) is 19.0. The molecule has 0 radical (unpaired) electrons. The first-order valence-corrected chi connectivity index (χ1v) is 14.2. The normalized spacial score (nSPS) is 24.1. The van der Waals surface area contributed by atoms with Crippen molar-refractivity contribution in [1.29, 1.82) is 0 Å². The third kappa shape index (κ3) is 5.40. The third-order valence-electron chi connectivity index (χ3n) is 8.97. The highest BCUT2D eigenvalue weighted by atomic mass is 16.5. The first kappa shape index (κ1) is 28.0. The van der Waals surface area contributed by atoms with Gasteiger partial charge in [0.05, 0.1) is 14.2 Å². The van der Waals surface area contributed by atoms with Crippen LogP contribution in [0.2, 0.25) is 0 Å². The van der Waals surface area contributed by atoms with Crippen LogP contribution < -0.4 is 15.4 Å². The minimum absolute atomic E-state index is 0.129. The van der Waals surface area contributed by atoms with Crippen molar-refractivity contribution in [3.63, 3.8) is 0 Å². The molecular weight excluding hydrogens is 512 g/mol. The van der Waals surface area contributed by atoms with Gasteiger partial charge in [0.25, 0.3) is 5.91 Å². The SMILES string of the molecule is COC(=O)C(C[C@@H]1CC(C)(C)NC1=O)NC(=O)[C@@H]1CC2(CCCCC2)CN1C(=O)c1cc2c(OC)cccc2[nH]1. The lowest BCUT2D eigenvalue weighted by Gasteiger charge is -2.32. The van der Waals surface area contributed by atoms with Crippen LogP contribution >= 0.6 is 0 Å². The van der Waals surface area contributed by atoms with Crippen molar-refractivity contribution in [3.05, 3.63) is 30.0 Å². The van der Waals surface area contributed by atoms with E-state index < -0.39 is 29.9 Å². The molecule has 3 aliphatic rings. The number of rotatable bonds is 7. The van der Waals surface area contributed by atoms with Crippen molar-refractivity contribution in [2.45, 2.75) is 82.8 Å². The van der Waals surface area contributed by atoms with Gasteiger partial charge in [-0.3, -0.25) is 14.4 Å². The summed E-state index contributed by atoms with van der Waals surface area (Å²) in [5, 5.41) is 6.61. The molecule has 40 heavy (non-hydrogen) atoms. The lowest BCUT2D eigenvalue weighted by Crippen LogP contribution is -2.51. The Balaban J connectivity index is 1.40. The summed E-state index contributed by atoms with van der Waals surface area (Å²) in [6.45, 7) is 4.35. The predicted octanol–water partition coefficient (Wildman–Crippen LogP) is 3.30. The smallest absolute Gasteiger partial charge is 0.328 e. The lowest BCUT2D eigenvalue weighted by atomic mass is 9.72. The number of ether oxygens (including phenoxy) is 2. The monoisotopic (exact) mass is 552 g/mol. The fourth-order valence-electron chi connectivity index (χ4n) is 7.04. The Hall–Kier alpha value is -3.56. The van der Waals surface area contributed by atoms with E-state index in [1.807, 2.05) is 32.0 Å². The van der Waals surface area contributed by atoms with Gasteiger partial charge in [0.1, 0.15) is 23.5 Å². The molecule has 1 spiro atoms. The minimum Gasteiger partial charge on any atom is -0.496 e. The molecule has 5 rings (SSSR count). The number of esters is 1. The van der Waals surface area contributed by atoms with E-state index in [4.69, 9.17) is 9.47 Å². The van der Waals surface area contributed by atoms with E-state index in [1.54, 1.807) is 18.1 Å². The molecule has 2 saturated heterocycles. The van der Waals surface area contributed by atoms with Crippen molar-refractivity contribution >= 4 is 34.6 Å². The Bertz CT molecular complexity index is 1310. The maximum Gasteiger partial charge on any atom is 0.328 e. The molecule has 10 nitrogen and oxygen atoms in total. The first-order valence-electron chi connectivity index (χ1n) is 14.2. The van der Waals surface area contributed by atoms with E-state index in [0.29, 0.717) is 30.8 Å². The van der Waals surface area contributed by atoms with E-state index in [9.17, 15) is 19.2 Å². The number of hydrogen-bond donors (Lipinski definition) is 3. The number of carbonyl (C=O) groups excluding carboxylic acids is 4. The molecule has 1 aromatic heterocycles. The number of nitrogens with zero attached hydrogens (tertiary/aromatic N) is 1. The Morgan fingerprint density at radius 2 is 1.88 bits per heavy atom. The van der Waals surface area contributed by atoms with Crippen LogP contribution in [0.5, 0.6) is 5.75 Å². The highest BCUT2D eigenvalue weighted by Crippen LogP contribution is 2.47. The molecule has 1 aliphatic carbocycles. The number of likely N-dealkylation sites (tertiary alicyclic amines) is 1. The highest BCUT2D eigenvalue weighted by Gasteiger charge is 2.50. The Kier molecular flexibility index (Phi) is 7.54. The zero-order valence-corrected chi connectivity index (χ0v) is 23.8. The molecule has 3 amide bonds. The van der Waals surface area contributed by atoms with E-state index in [1.165, 1.54) is 7.11 Å². The second kappa shape index (κ2) is 10.8. The van der Waals surface area contributed by atoms with Gasteiger partial charge in [0.15, 0.2) is 0 Å². The number of methoxy groups -OCH3 is 2. The zero-order chi connectivity index (χ0) is 28.7. The summed E-state index contributed by atoms with van der Waals surface area (Å²) in [5.41, 5.74) is 0.658. The third-order valence-corrected chi connectivity index (χ3v) is 8.97. The number of aromatic amines is 1. The molecule has 3 heterocycles. The van der Waals surface area contributed by atoms with Gasteiger partial charge in [0.2, 0.25) is 11.8 Å². The molecule has 216 valence electrons. The van der Waals surface area contributed by atoms with Crippen molar-refractivity contribution in [3.8, 4) is 5.75 Å². The maximum atomic E-state index is 14.0. The van der Waals surface area contributed by atoms with Gasteiger partial charge >= 0.3 is 5.97 Å². The standard InChI is InChI=1S/C30H40N4O6/c1-29(2)15-18(25(35)33-29)13-22(28(38)40-4)32-26(36)23-16-30(11-6-5-7-12-30)17-34(23)27(37)21-14-19-20(31-21)9-8-10-24(19)39-3/h8-10,14,18,22-23,31H,5-7,11-13,15-17H2,1-4H3,(H,32,36)(H,33,35)/t18-,22?,23+/m1/s1. The fourth-order valence-corrected chi connectivity index (χ4v) is 7.04. The highest BCUT2D eigenvalue weighted by molar-refractivity contribution is 6.02. The number of benzene rings is 1. The van der Waals surface area contributed by atoms with Crippen LogP contribution in [0, 0.1) is 11.3 Å². The van der Waals surface area contributed by atoms with Crippen molar-refractivity contribution < 1.29 is 28.7 Å². The van der Waals surface area contributed by atoms with Crippen LogP contribution in [-0.4, -0.2) is 72.0 Å². The van der Waals surface area contributed by atoms with Gasteiger partial charge in [-0.1, -0.05) is 25.3 Å². The Labute approximate surface area is 234 Å². The van der Waals surface area contributed by atoms with E-state index in [-0.39, 0.29) is 29.2 Å². The molecule has 3 N–H and O–H groups in total. The van der Waals surface area contributed by atoms with Crippen LogP contribution in [-0.2, 0) is 19.1 Å². The van der Waals surface area contributed by atoms with Crippen molar-refractivity contribution in [2.24, 2.45) is 11.3 Å². The molecule has 3 atom stereocenters. The van der Waals surface area contributed by atoms with E-state index >= 15 is 0 Å². The minimum atomic E-state index is -0.987. The molecule has 0 bridgehead atoms. The molecule has 2 aromatic rings. The summed E-state index contributed by atoms with van der Waals surface area (Å²) in [6.07, 6.45) is 6.43. The Morgan fingerprint density at radius 1 is 1.12 bits per heavy atom. The van der Waals surface area contributed by atoms with Gasteiger partial charge < -0.3 is 30.0 Å². The molecule has 10 heteroatoms. The van der Waals surface area contributed by atoms with Crippen LogP contribution in [0.25, 0.3) is 10.9 Å². The summed E-state index contributed by atoms with van der Waals surface area (Å²) in [5.74, 6) is -1.15. The number of amides is 3. The molecule has 1 aromatic carbocycles. The van der Waals surface area contributed by atoms with Gasteiger partial charge in [-0.05, 0) is 69.6 Å². The number of H-pyrrole nitrogens is 1. The molecular formula is C30H40N4O6. The molecule has 3 fully saturated rings. The van der Waals surface area contributed by atoms with Crippen LogP contribution in [0.15, 0.2) is 24.3 Å². The molecule has 1 saturated carbocycles. The molecule has 1 unspecified atom stereocenters. The number of fused-ring (bicyclic) bond motifs is 1. The average molecular weight is 553 g/mol. The summed E-state index contributed by atoms with van der Waals surface area (Å²) >= 11 is 0. The lowest BCUT2D eigenvalue weighted by molar-refractivity contribution is -0.146. The van der Waals surface area contributed by atoms with Gasteiger partial charge in [-0.25, -0.2) is 4.79 Å². The Morgan fingerprint density at radius 3 is 2.52 bits per heavy atom. The van der Waals surface area contributed by atoms with Gasteiger partial charge in [-0.2, -0.15) is 0 Å². The number of carbonyl (C=O) groups is 4. The van der Waals surface area contributed by atoms with Crippen LogP contribution in [0.3, 0.4) is 0 Å². The van der Waals surface area contributed by atoms with Gasteiger partial charge in [-0.15, -0.1) is 0 Å².